The van der Waals surface area contributed by atoms with Gasteiger partial charge in [-0.15, -0.1) is 0 Å². The number of para-hydroxylation sites is 3. The highest BCUT2D eigenvalue weighted by atomic mass is 14.7. The minimum Gasteiger partial charge on any atom is -0.361 e. The summed E-state index contributed by atoms with van der Waals surface area (Å²) in [6.07, 6.45) is 10.2. The number of rotatable bonds is 3. The van der Waals surface area contributed by atoms with Gasteiger partial charge in [0.2, 0.25) is 0 Å². The van der Waals surface area contributed by atoms with Crippen LogP contribution in [0, 0.1) is 0 Å². The van der Waals surface area contributed by atoms with E-state index in [1.807, 2.05) is 0 Å². The number of aromatic nitrogens is 3. The summed E-state index contributed by atoms with van der Waals surface area (Å²) in [4.78, 5) is 10.6. The van der Waals surface area contributed by atoms with Crippen LogP contribution in [0.1, 0.15) is 41.9 Å². The summed E-state index contributed by atoms with van der Waals surface area (Å²) in [7, 11) is 0. The zero-order chi connectivity index (χ0) is 21.1. The molecule has 1 atom stereocenters. The van der Waals surface area contributed by atoms with Gasteiger partial charge >= 0.3 is 0 Å². The van der Waals surface area contributed by atoms with Crippen molar-refractivity contribution in [2.24, 2.45) is 0 Å². The van der Waals surface area contributed by atoms with Crippen LogP contribution in [0.15, 0.2) is 91.4 Å². The number of hydrogen-bond donors (Lipinski definition) is 3. The Labute approximate surface area is 186 Å². The second kappa shape index (κ2) is 6.64. The maximum atomic E-state index is 3.56. The predicted octanol–water partition coefficient (Wildman–Crippen LogP) is 7.38. The third-order valence-electron chi connectivity index (χ3n) is 7.79. The minimum absolute atomic E-state index is 0.0255. The van der Waals surface area contributed by atoms with Crippen molar-refractivity contribution < 1.29 is 0 Å². The van der Waals surface area contributed by atoms with Crippen molar-refractivity contribution in [1.29, 1.82) is 0 Å². The predicted molar refractivity (Wildman–Crippen MR) is 132 cm³/mol. The molecule has 0 spiro atoms. The van der Waals surface area contributed by atoms with Gasteiger partial charge in [-0.1, -0.05) is 54.6 Å². The lowest BCUT2D eigenvalue weighted by atomic mass is 9.72. The van der Waals surface area contributed by atoms with E-state index >= 15 is 0 Å². The molecular formula is C29H25N3. The van der Waals surface area contributed by atoms with Crippen molar-refractivity contribution in [1.82, 2.24) is 15.0 Å². The Kier molecular flexibility index (Phi) is 3.71. The summed E-state index contributed by atoms with van der Waals surface area (Å²) >= 11 is 0. The van der Waals surface area contributed by atoms with Crippen LogP contribution in [0.5, 0.6) is 0 Å². The molecule has 6 aromatic rings. The van der Waals surface area contributed by atoms with Crippen molar-refractivity contribution in [2.45, 2.75) is 30.6 Å². The first-order valence-corrected chi connectivity index (χ1v) is 11.5. The Balaban J connectivity index is 1.44. The van der Waals surface area contributed by atoms with Gasteiger partial charge in [0.25, 0.3) is 0 Å². The lowest BCUT2D eigenvalue weighted by Gasteiger charge is -2.30. The van der Waals surface area contributed by atoms with Gasteiger partial charge < -0.3 is 15.0 Å². The van der Waals surface area contributed by atoms with E-state index in [9.17, 15) is 0 Å². The molecule has 0 saturated heterocycles. The van der Waals surface area contributed by atoms with Gasteiger partial charge in [-0.3, -0.25) is 0 Å². The van der Waals surface area contributed by atoms with Crippen molar-refractivity contribution in [2.75, 3.05) is 0 Å². The Bertz CT molecular complexity index is 1500. The molecular weight excluding hydrogens is 390 g/mol. The maximum absolute atomic E-state index is 3.56. The van der Waals surface area contributed by atoms with Crippen LogP contribution in [0.4, 0.5) is 0 Å². The van der Waals surface area contributed by atoms with Crippen molar-refractivity contribution in [3.05, 3.63) is 108 Å². The molecule has 3 aromatic heterocycles. The minimum atomic E-state index is -0.0255. The highest BCUT2D eigenvalue weighted by Crippen LogP contribution is 2.55. The van der Waals surface area contributed by atoms with Gasteiger partial charge in [-0.2, -0.15) is 0 Å². The van der Waals surface area contributed by atoms with E-state index in [4.69, 9.17) is 0 Å². The average Bonchev–Trinajstić information content (AvgIpc) is 3.62. The number of fused-ring (bicyclic) bond motifs is 3. The molecule has 32 heavy (non-hydrogen) atoms. The molecule has 1 aliphatic carbocycles. The van der Waals surface area contributed by atoms with E-state index in [1.165, 1.54) is 55.8 Å². The Morgan fingerprint density at radius 1 is 0.594 bits per heavy atom. The highest BCUT2D eigenvalue weighted by Gasteiger charge is 2.45. The summed E-state index contributed by atoms with van der Waals surface area (Å²) in [6.45, 7) is 0. The van der Waals surface area contributed by atoms with Crippen LogP contribution in [0.3, 0.4) is 0 Å². The van der Waals surface area contributed by atoms with E-state index in [2.05, 4.69) is 106 Å². The van der Waals surface area contributed by atoms with Crippen molar-refractivity contribution in [3.63, 3.8) is 0 Å². The zero-order valence-electron chi connectivity index (χ0n) is 17.9. The van der Waals surface area contributed by atoms with Crippen molar-refractivity contribution in [3.8, 4) is 0 Å². The molecule has 3 aromatic carbocycles. The third kappa shape index (κ3) is 2.42. The molecule has 0 radical (unpaired) electrons. The normalized spacial score (nSPS) is 18.2. The molecule has 7 rings (SSSR count). The summed E-state index contributed by atoms with van der Waals surface area (Å²) in [5, 5.41) is 4.06. The number of benzene rings is 3. The molecule has 3 heteroatoms. The molecule has 0 bridgehead atoms. The molecule has 3 nitrogen and oxygen atoms in total. The number of aromatic amines is 3. The van der Waals surface area contributed by atoms with Gasteiger partial charge in [-0.05, 0) is 60.1 Å². The molecule has 156 valence electrons. The lowest BCUT2D eigenvalue weighted by Crippen LogP contribution is -2.23. The van der Waals surface area contributed by atoms with E-state index in [0.717, 1.165) is 12.8 Å². The molecule has 0 aliphatic heterocycles. The van der Waals surface area contributed by atoms with Crippen molar-refractivity contribution >= 4 is 32.7 Å². The zero-order valence-corrected chi connectivity index (χ0v) is 17.9. The average molecular weight is 416 g/mol. The van der Waals surface area contributed by atoms with E-state index in [0.29, 0.717) is 5.92 Å². The van der Waals surface area contributed by atoms with Crippen LogP contribution in [-0.2, 0) is 5.41 Å². The van der Waals surface area contributed by atoms with Crippen LogP contribution in [-0.4, -0.2) is 15.0 Å². The van der Waals surface area contributed by atoms with Gasteiger partial charge in [0.15, 0.2) is 0 Å². The standard InChI is InChI=1S/C29H25N3/c1-4-10-26-20(7-1)23(16-30-26)19-13-14-29(15-19,24-17-31-27-11-5-2-8-21(24)27)25-18-32-28-12-6-3-9-22(25)28/h1-12,16-19,30-32H,13-15H2. The lowest BCUT2D eigenvalue weighted by molar-refractivity contribution is 0.534. The fourth-order valence-corrected chi connectivity index (χ4v) is 6.31. The summed E-state index contributed by atoms with van der Waals surface area (Å²) in [5.74, 6) is 0.522. The molecule has 1 saturated carbocycles. The Hall–Kier alpha value is -3.72. The smallest absolute Gasteiger partial charge is 0.0457 e. The fraction of sp³-hybridized carbons (Fsp3) is 0.172. The van der Waals surface area contributed by atoms with Crippen LogP contribution >= 0.6 is 0 Å². The number of hydrogen-bond acceptors (Lipinski definition) is 0. The number of H-pyrrole nitrogens is 3. The first-order valence-electron chi connectivity index (χ1n) is 11.5. The van der Waals surface area contributed by atoms with Gasteiger partial charge in [-0.25, -0.2) is 0 Å². The Morgan fingerprint density at radius 2 is 1.09 bits per heavy atom. The van der Waals surface area contributed by atoms with E-state index in [-0.39, 0.29) is 5.41 Å². The number of nitrogens with one attached hydrogen (secondary N) is 3. The van der Waals surface area contributed by atoms with Crippen LogP contribution in [0.25, 0.3) is 32.7 Å². The van der Waals surface area contributed by atoms with Gasteiger partial charge in [0.1, 0.15) is 0 Å². The first kappa shape index (κ1) is 17.9. The summed E-state index contributed by atoms with van der Waals surface area (Å²) in [6, 6.07) is 26.2. The first-order chi connectivity index (χ1) is 15.8. The monoisotopic (exact) mass is 415 g/mol. The summed E-state index contributed by atoms with van der Waals surface area (Å²) in [5.41, 5.74) is 7.97. The quantitative estimate of drug-likeness (QED) is 0.270. The second-order valence-electron chi connectivity index (χ2n) is 9.31. The topological polar surface area (TPSA) is 47.4 Å². The molecule has 1 aliphatic rings. The third-order valence-corrected chi connectivity index (χ3v) is 7.79. The Morgan fingerprint density at radius 3 is 1.72 bits per heavy atom. The maximum Gasteiger partial charge on any atom is 0.0457 e. The molecule has 3 N–H and O–H groups in total. The van der Waals surface area contributed by atoms with Gasteiger partial charge in [0, 0.05) is 56.7 Å². The molecule has 0 amide bonds. The molecule has 1 fully saturated rings. The SMILES string of the molecule is c1ccc2c(C3CCC(c4c[nH]c5ccccc45)(c4c[nH]c5ccccc45)C3)c[nH]c2c1. The van der Waals surface area contributed by atoms with E-state index in [1.54, 1.807) is 0 Å². The highest BCUT2D eigenvalue weighted by molar-refractivity contribution is 5.90. The molecule has 3 heterocycles. The van der Waals surface area contributed by atoms with Crippen LogP contribution < -0.4 is 0 Å². The van der Waals surface area contributed by atoms with Gasteiger partial charge in [0.05, 0.1) is 0 Å². The summed E-state index contributed by atoms with van der Waals surface area (Å²) < 4.78 is 0. The second-order valence-corrected chi connectivity index (χ2v) is 9.31. The largest absolute Gasteiger partial charge is 0.361 e. The van der Waals surface area contributed by atoms with E-state index < -0.39 is 0 Å². The fourth-order valence-electron chi connectivity index (χ4n) is 6.31. The van der Waals surface area contributed by atoms with Crippen LogP contribution in [0.2, 0.25) is 0 Å². The molecule has 1 unspecified atom stereocenters.